The van der Waals surface area contributed by atoms with E-state index in [0.29, 0.717) is 25.6 Å². The van der Waals surface area contributed by atoms with Crippen LogP contribution in [0.4, 0.5) is 0 Å². The minimum Gasteiger partial charge on any atom is -0.469 e. The lowest BCUT2D eigenvalue weighted by atomic mass is 9.92. The highest BCUT2D eigenvalue weighted by atomic mass is 16.7. The molecule has 1 atom stereocenters. The molecule has 0 aromatic rings. The van der Waals surface area contributed by atoms with Gasteiger partial charge in [0.2, 0.25) is 0 Å². The molecule has 0 aromatic carbocycles. The van der Waals surface area contributed by atoms with Crippen LogP contribution in [0.15, 0.2) is 0 Å². The number of ether oxygens (including phenoxy) is 3. The molecule has 1 heterocycles. The Morgan fingerprint density at radius 2 is 1.87 bits per heavy atom. The molecule has 0 aliphatic carbocycles. The summed E-state index contributed by atoms with van der Waals surface area (Å²) in [6.07, 6.45) is 0.712. The summed E-state index contributed by atoms with van der Waals surface area (Å²) in [6, 6.07) is 0. The number of hydrogen-bond acceptors (Lipinski definition) is 4. The summed E-state index contributed by atoms with van der Waals surface area (Å²) in [7, 11) is 1.39. The highest BCUT2D eigenvalue weighted by Gasteiger charge is 2.46. The van der Waals surface area contributed by atoms with Gasteiger partial charge in [-0.2, -0.15) is 0 Å². The third kappa shape index (κ3) is 2.69. The van der Waals surface area contributed by atoms with Crippen molar-refractivity contribution in [2.45, 2.75) is 33.0 Å². The van der Waals surface area contributed by atoms with Crippen LogP contribution in [0.2, 0.25) is 0 Å². The second-order valence-corrected chi connectivity index (χ2v) is 4.35. The molecule has 0 saturated carbocycles. The highest BCUT2D eigenvalue weighted by molar-refractivity contribution is 5.73. The van der Waals surface area contributed by atoms with E-state index >= 15 is 0 Å². The molecule has 0 N–H and O–H groups in total. The van der Waals surface area contributed by atoms with Crippen molar-refractivity contribution < 1.29 is 19.0 Å². The van der Waals surface area contributed by atoms with Gasteiger partial charge < -0.3 is 14.2 Å². The van der Waals surface area contributed by atoms with Crippen LogP contribution in [0.5, 0.6) is 0 Å². The summed E-state index contributed by atoms with van der Waals surface area (Å²) in [5.41, 5.74) is 0. The molecule has 0 spiro atoms. The average Bonchev–Trinajstić information content (AvgIpc) is 2.64. The van der Waals surface area contributed by atoms with Gasteiger partial charge in [0.25, 0.3) is 0 Å². The molecule has 1 aliphatic rings. The minimum atomic E-state index is -0.777. The van der Waals surface area contributed by atoms with Crippen molar-refractivity contribution in [1.29, 1.82) is 0 Å². The van der Waals surface area contributed by atoms with Crippen molar-refractivity contribution >= 4 is 5.97 Å². The topological polar surface area (TPSA) is 44.8 Å². The lowest BCUT2D eigenvalue weighted by Gasteiger charge is -2.33. The fraction of sp³-hybridized carbons (Fsp3) is 0.909. The molecule has 0 aromatic heterocycles. The van der Waals surface area contributed by atoms with Gasteiger partial charge in [-0.3, -0.25) is 4.79 Å². The molecule has 4 heteroatoms. The van der Waals surface area contributed by atoms with Crippen LogP contribution in [0, 0.1) is 11.8 Å². The smallest absolute Gasteiger partial charge is 0.313 e. The zero-order valence-electron chi connectivity index (χ0n) is 9.91. The van der Waals surface area contributed by atoms with Gasteiger partial charge in [0, 0.05) is 6.42 Å². The second-order valence-electron chi connectivity index (χ2n) is 4.35. The maximum atomic E-state index is 11.5. The SMILES string of the molecule is COC(=O)C(C)C1(CC(C)C)OCCO1. The molecule has 1 saturated heterocycles. The van der Waals surface area contributed by atoms with E-state index in [0.717, 1.165) is 0 Å². The van der Waals surface area contributed by atoms with Crippen LogP contribution >= 0.6 is 0 Å². The molecule has 1 rings (SSSR count). The van der Waals surface area contributed by atoms with Crippen LogP contribution < -0.4 is 0 Å². The Bertz CT molecular complexity index is 219. The summed E-state index contributed by atoms with van der Waals surface area (Å²) in [4.78, 5) is 11.5. The van der Waals surface area contributed by atoms with Crippen LogP contribution in [-0.4, -0.2) is 32.1 Å². The van der Waals surface area contributed by atoms with E-state index < -0.39 is 5.79 Å². The first-order valence-electron chi connectivity index (χ1n) is 5.37. The first-order chi connectivity index (χ1) is 7.02. The van der Waals surface area contributed by atoms with E-state index in [2.05, 4.69) is 13.8 Å². The molecule has 1 aliphatic heterocycles. The average molecular weight is 216 g/mol. The monoisotopic (exact) mass is 216 g/mol. The fourth-order valence-corrected chi connectivity index (χ4v) is 1.94. The van der Waals surface area contributed by atoms with Gasteiger partial charge in [-0.1, -0.05) is 13.8 Å². The molecule has 1 fully saturated rings. The van der Waals surface area contributed by atoms with Crippen LogP contribution in [0.1, 0.15) is 27.2 Å². The van der Waals surface area contributed by atoms with Crippen molar-refractivity contribution in [3.8, 4) is 0 Å². The van der Waals surface area contributed by atoms with Gasteiger partial charge in [-0.25, -0.2) is 0 Å². The Labute approximate surface area is 90.9 Å². The van der Waals surface area contributed by atoms with E-state index in [-0.39, 0.29) is 11.9 Å². The number of carbonyl (C=O) groups excluding carboxylic acids is 1. The van der Waals surface area contributed by atoms with Crippen LogP contribution in [0.3, 0.4) is 0 Å². The number of methoxy groups -OCH3 is 1. The first kappa shape index (κ1) is 12.5. The zero-order chi connectivity index (χ0) is 11.5. The van der Waals surface area contributed by atoms with Crippen molar-refractivity contribution in [3.63, 3.8) is 0 Å². The van der Waals surface area contributed by atoms with Crippen LogP contribution in [-0.2, 0) is 19.0 Å². The van der Waals surface area contributed by atoms with Crippen LogP contribution in [0.25, 0.3) is 0 Å². The molecule has 0 amide bonds. The van der Waals surface area contributed by atoms with Gasteiger partial charge in [0.15, 0.2) is 5.79 Å². The van der Waals surface area contributed by atoms with Gasteiger partial charge in [-0.05, 0) is 12.8 Å². The lowest BCUT2D eigenvalue weighted by Crippen LogP contribution is -2.43. The Balaban J connectivity index is 2.76. The van der Waals surface area contributed by atoms with E-state index in [4.69, 9.17) is 14.2 Å². The molecule has 1 unspecified atom stereocenters. The van der Waals surface area contributed by atoms with E-state index in [1.807, 2.05) is 0 Å². The minimum absolute atomic E-state index is 0.280. The number of rotatable bonds is 4. The van der Waals surface area contributed by atoms with Crippen molar-refractivity contribution in [2.24, 2.45) is 11.8 Å². The maximum absolute atomic E-state index is 11.5. The fourth-order valence-electron chi connectivity index (χ4n) is 1.94. The highest BCUT2D eigenvalue weighted by Crippen LogP contribution is 2.35. The predicted molar refractivity (Wildman–Crippen MR) is 55.3 cm³/mol. The lowest BCUT2D eigenvalue weighted by molar-refractivity contribution is -0.212. The quantitative estimate of drug-likeness (QED) is 0.669. The van der Waals surface area contributed by atoms with Gasteiger partial charge in [-0.15, -0.1) is 0 Å². The third-order valence-electron chi connectivity index (χ3n) is 2.68. The molecule has 15 heavy (non-hydrogen) atoms. The van der Waals surface area contributed by atoms with E-state index in [9.17, 15) is 4.79 Å². The number of carbonyl (C=O) groups is 1. The predicted octanol–water partition coefficient (Wildman–Crippen LogP) is 1.58. The van der Waals surface area contributed by atoms with Gasteiger partial charge >= 0.3 is 5.97 Å². The Hall–Kier alpha value is -0.610. The Kier molecular flexibility index (Phi) is 4.11. The third-order valence-corrected chi connectivity index (χ3v) is 2.68. The van der Waals surface area contributed by atoms with E-state index in [1.54, 1.807) is 6.92 Å². The second kappa shape index (κ2) is 4.94. The van der Waals surface area contributed by atoms with Crippen molar-refractivity contribution in [3.05, 3.63) is 0 Å². The summed E-state index contributed by atoms with van der Waals surface area (Å²) >= 11 is 0. The van der Waals surface area contributed by atoms with Crippen molar-refractivity contribution in [2.75, 3.05) is 20.3 Å². The molecular formula is C11H20O4. The molecule has 4 nitrogen and oxygen atoms in total. The van der Waals surface area contributed by atoms with Gasteiger partial charge in [0.1, 0.15) is 5.92 Å². The normalized spacial score (nSPS) is 21.7. The Morgan fingerprint density at radius 1 is 1.33 bits per heavy atom. The molecule has 0 bridgehead atoms. The maximum Gasteiger partial charge on any atom is 0.313 e. The van der Waals surface area contributed by atoms with E-state index in [1.165, 1.54) is 7.11 Å². The summed E-state index contributed by atoms with van der Waals surface area (Å²) in [6.45, 7) is 7.05. The standard InChI is InChI=1S/C11H20O4/c1-8(2)7-11(14-5-6-15-11)9(3)10(12)13-4/h8-9H,5-7H2,1-4H3. The van der Waals surface area contributed by atoms with Gasteiger partial charge in [0.05, 0.1) is 20.3 Å². The zero-order valence-corrected chi connectivity index (χ0v) is 9.91. The Morgan fingerprint density at radius 3 is 2.27 bits per heavy atom. The molecule has 88 valence electrons. The summed E-state index contributed by atoms with van der Waals surface area (Å²) < 4.78 is 16.0. The van der Waals surface area contributed by atoms with Crippen molar-refractivity contribution in [1.82, 2.24) is 0 Å². The first-order valence-corrected chi connectivity index (χ1v) is 5.37. The summed E-state index contributed by atoms with van der Waals surface area (Å²) in [5.74, 6) is -1.03. The summed E-state index contributed by atoms with van der Waals surface area (Å²) in [5, 5.41) is 0. The molecular weight excluding hydrogens is 196 g/mol. The number of esters is 1. The molecule has 0 radical (unpaired) electrons. The number of hydrogen-bond donors (Lipinski definition) is 0. The largest absolute Gasteiger partial charge is 0.469 e.